The Morgan fingerprint density at radius 2 is 1.72 bits per heavy atom. The molecule has 0 aliphatic heterocycles. The quantitative estimate of drug-likeness (QED) is 0.124. The number of carbonyl (C=O) groups is 2. The van der Waals surface area contributed by atoms with Gasteiger partial charge in [0.1, 0.15) is 11.6 Å². The van der Waals surface area contributed by atoms with Crippen LogP contribution in [0.2, 0.25) is 0 Å². The van der Waals surface area contributed by atoms with E-state index in [1.807, 2.05) is 0 Å². The number of phenolic OH excluding ortho intramolecular Hbond substituents is 2. The lowest BCUT2D eigenvalue weighted by molar-refractivity contribution is 0.0976. The third kappa shape index (κ3) is 3.05. The molecule has 160 valence electrons. The van der Waals surface area contributed by atoms with E-state index in [2.05, 4.69) is 25.9 Å². The van der Waals surface area contributed by atoms with Crippen LogP contribution in [0, 0.1) is 11.3 Å². The van der Waals surface area contributed by atoms with Gasteiger partial charge in [-0.25, -0.2) is 0 Å². The number of hydrogen-bond donors (Lipinski definition) is 5. The zero-order valence-electron chi connectivity index (χ0n) is 15.6. The molecule has 1 aliphatic rings. The van der Waals surface area contributed by atoms with Gasteiger partial charge in [-0.15, -0.1) is 10.2 Å². The van der Waals surface area contributed by atoms with E-state index in [0.29, 0.717) is 0 Å². The number of nitriles is 1. The highest BCUT2D eigenvalue weighted by Gasteiger charge is 2.40. The fraction of sp³-hybridized carbons (Fsp3) is 0. The number of tetrazole rings is 1. The van der Waals surface area contributed by atoms with Crippen molar-refractivity contribution in [3.63, 3.8) is 0 Å². The number of hydrogen-bond acceptors (Lipinski definition) is 11. The first-order valence-corrected chi connectivity index (χ1v) is 9.99. The van der Waals surface area contributed by atoms with Gasteiger partial charge < -0.3 is 15.5 Å². The van der Waals surface area contributed by atoms with Crippen molar-refractivity contribution in [3.8, 4) is 17.6 Å². The lowest BCUT2D eigenvalue weighted by Gasteiger charge is -2.23. The van der Waals surface area contributed by atoms with E-state index >= 15 is 0 Å². The van der Waals surface area contributed by atoms with Gasteiger partial charge in [0.15, 0.2) is 28.0 Å². The highest BCUT2D eigenvalue weighted by Crippen LogP contribution is 2.47. The van der Waals surface area contributed by atoms with E-state index < -0.39 is 54.9 Å². The summed E-state index contributed by atoms with van der Waals surface area (Å²) in [5.41, 5.74) is -2.36. The molecular weight excluding hydrogens is 444 g/mol. The van der Waals surface area contributed by atoms with Crippen molar-refractivity contribution in [3.05, 3.63) is 58.5 Å². The first-order valence-electron chi connectivity index (χ1n) is 8.55. The van der Waals surface area contributed by atoms with Crippen LogP contribution >= 0.6 is 0 Å². The average Bonchev–Trinajstić information content (AvgIpc) is 3.27. The van der Waals surface area contributed by atoms with Crippen molar-refractivity contribution in [2.45, 2.75) is 4.90 Å². The molecule has 4 rings (SSSR count). The molecule has 1 aliphatic carbocycles. The number of nitrogens with zero attached hydrogens (tertiary/aromatic N) is 4. The van der Waals surface area contributed by atoms with Gasteiger partial charge in [-0.2, -0.15) is 18.9 Å². The third-order valence-electron chi connectivity index (χ3n) is 4.60. The fourth-order valence-electron chi connectivity index (χ4n) is 3.25. The van der Waals surface area contributed by atoms with E-state index in [-0.39, 0.29) is 22.5 Å². The molecule has 0 fully saturated rings. The first-order chi connectivity index (χ1) is 15.2. The summed E-state index contributed by atoms with van der Waals surface area (Å²) in [5.74, 6) is -4.44. The van der Waals surface area contributed by atoms with Crippen molar-refractivity contribution in [2.24, 2.45) is 0 Å². The van der Waals surface area contributed by atoms with Gasteiger partial charge >= 0.3 is 10.1 Å². The Labute approximate surface area is 178 Å². The maximum atomic E-state index is 13.1. The highest BCUT2D eigenvalue weighted by molar-refractivity contribution is 7.86. The lowest BCUT2D eigenvalue weighted by Crippen LogP contribution is -2.23. The number of benzene rings is 2. The normalized spacial score (nSPS) is 13.3. The van der Waals surface area contributed by atoms with E-state index in [1.165, 1.54) is 24.3 Å². The molecule has 0 atom stereocenters. The minimum atomic E-state index is -5.25. The van der Waals surface area contributed by atoms with Crippen LogP contribution in [0.1, 0.15) is 37.7 Å². The van der Waals surface area contributed by atoms with Gasteiger partial charge in [-0.3, -0.25) is 14.1 Å². The van der Waals surface area contributed by atoms with Crippen molar-refractivity contribution in [1.29, 1.82) is 5.26 Å². The molecule has 0 amide bonds. The van der Waals surface area contributed by atoms with E-state index in [4.69, 9.17) is 0 Å². The second-order valence-corrected chi connectivity index (χ2v) is 7.74. The number of phenols is 2. The van der Waals surface area contributed by atoms with Gasteiger partial charge in [0.05, 0.1) is 16.8 Å². The summed E-state index contributed by atoms with van der Waals surface area (Å²) in [6.45, 7) is 0. The summed E-state index contributed by atoms with van der Waals surface area (Å²) in [5, 5.41) is 45.3. The fourth-order valence-corrected chi connectivity index (χ4v) is 3.94. The smallest absolute Gasteiger partial charge is 0.302 e. The molecule has 13 nitrogen and oxygen atoms in total. The summed E-state index contributed by atoms with van der Waals surface area (Å²) in [6.07, 6.45) is 0.920. The van der Waals surface area contributed by atoms with Crippen molar-refractivity contribution in [2.75, 3.05) is 5.32 Å². The van der Waals surface area contributed by atoms with Gasteiger partial charge in [-0.05, 0) is 5.21 Å². The number of ketones is 2. The molecule has 1 heterocycles. The molecule has 0 bridgehead atoms. The zero-order valence-corrected chi connectivity index (χ0v) is 16.4. The number of nitrogens with one attached hydrogen (secondary N) is 2. The number of carbonyl (C=O) groups excluding carboxylic acids is 2. The van der Waals surface area contributed by atoms with Gasteiger partial charge in [0.2, 0.25) is 5.82 Å². The lowest BCUT2D eigenvalue weighted by atomic mass is 9.82. The summed E-state index contributed by atoms with van der Waals surface area (Å²) in [4.78, 5) is 24.7. The maximum absolute atomic E-state index is 13.1. The number of aromatic hydroxyl groups is 2. The molecule has 0 spiro atoms. The molecule has 5 N–H and O–H groups in total. The second-order valence-electron chi connectivity index (χ2n) is 6.38. The van der Waals surface area contributed by atoms with Gasteiger partial charge in [0, 0.05) is 17.3 Å². The monoisotopic (exact) mass is 454 g/mol. The van der Waals surface area contributed by atoms with Crippen LogP contribution in [0.5, 0.6) is 11.5 Å². The molecule has 0 radical (unpaired) electrons. The SMILES string of the molecule is N#CC(=CNc1c(O)c(S(=O)(=O)O)c(O)c2c1C(=O)c1ccccc1C2=O)c1nn[nH]n1. The summed E-state index contributed by atoms with van der Waals surface area (Å²) in [6, 6.07) is 7.31. The number of fused-ring (bicyclic) bond motifs is 2. The molecule has 0 unspecified atom stereocenters. The standard InChI is InChI=1S/C18H10N6O7S/c19-5-7(18-21-23-24-22-18)6-20-12-10-11(15(27)17(16(12)28)32(29,30)31)14(26)9-4-2-1-3-8(9)13(10)25/h1-4,6,20,27-28H,(H,29,30,31)(H,21,22,23,24). The zero-order chi connectivity index (χ0) is 23.2. The highest BCUT2D eigenvalue weighted by atomic mass is 32.2. The summed E-state index contributed by atoms with van der Waals surface area (Å²) < 4.78 is 33.2. The number of rotatable bonds is 4. The van der Waals surface area contributed by atoms with Crippen LogP contribution < -0.4 is 5.32 Å². The minimum Gasteiger partial charge on any atom is -0.506 e. The maximum Gasteiger partial charge on any atom is 0.302 e. The van der Waals surface area contributed by atoms with Crippen LogP contribution in [0.25, 0.3) is 5.57 Å². The van der Waals surface area contributed by atoms with Crippen molar-refractivity contribution in [1.82, 2.24) is 20.6 Å². The number of H-pyrrole nitrogens is 1. The van der Waals surface area contributed by atoms with Crippen LogP contribution in [-0.4, -0.2) is 55.4 Å². The van der Waals surface area contributed by atoms with Crippen LogP contribution in [0.3, 0.4) is 0 Å². The molecule has 1 aromatic heterocycles. The van der Waals surface area contributed by atoms with Crippen LogP contribution in [0.4, 0.5) is 5.69 Å². The third-order valence-corrected chi connectivity index (χ3v) is 5.50. The van der Waals surface area contributed by atoms with Gasteiger partial charge in [-0.1, -0.05) is 24.3 Å². The average molecular weight is 454 g/mol. The number of allylic oxidation sites excluding steroid dienone is 1. The predicted molar refractivity (Wildman–Crippen MR) is 104 cm³/mol. The molecular formula is C18H10N6O7S. The van der Waals surface area contributed by atoms with Crippen molar-refractivity contribution < 1.29 is 32.8 Å². The van der Waals surface area contributed by atoms with Crippen molar-refractivity contribution >= 4 is 32.9 Å². The minimum absolute atomic E-state index is 0.0610. The Kier molecular flexibility index (Phi) is 4.69. The number of anilines is 1. The summed E-state index contributed by atoms with van der Waals surface area (Å²) >= 11 is 0. The summed E-state index contributed by atoms with van der Waals surface area (Å²) in [7, 11) is -5.25. The predicted octanol–water partition coefficient (Wildman–Crippen LogP) is 0.610. The Balaban J connectivity index is 2.03. The van der Waals surface area contributed by atoms with Crippen LogP contribution in [0.15, 0.2) is 35.4 Å². The second kappa shape index (κ2) is 7.27. The Bertz CT molecular complexity index is 1490. The van der Waals surface area contributed by atoms with E-state index in [0.717, 1.165) is 6.20 Å². The molecule has 0 saturated heterocycles. The Hall–Kier alpha value is -4.61. The Morgan fingerprint density at radius 1 is 1.09 bits per heavy atom. The largest absolute Gasteiger partial charge is 0.506 e. The number of aromatic nitrogens is 4. The molecule has 3 aromatic rings. The molecule has 32 heavy (non-hydrogen) atoms. The topological polar surface area (TPSA) is 219 Å². The molecule has 2 aromatic carbocycles. The van der Waals surface area contributed by atoms with E-state index in [1.54, 1.807) is 6.07 Å². The molecule has 0 saturated carbocycles. The molecule has 14 heteroatoms. The Morgan fingerprint density at radius 3 is 2.25 bits per heavy atom. The first kappa shape index (κ1) is 20.7. The van der Waals surface area contributed by atoms with E-state index in [9.17, 15) is 38.0 Å². The number of aromatic amines is 1. The van der Waals surface area contributed by atoms with Crippen LogP contribution in [-0.2, 0) is 10.1 Å². The van der Waals surface area contributed by atoms with Gasteiger partial charge in [0.25, 0.3) is 0 Å².